The van der Waals surface area contributed by atoms with E-state index in [0.29, 0.717) is 29.3 Å². The van der Waals surface area contributed by atoms with Crippen LogP contribution >= 0.6 is 0 Å². The number of nitrogens with zero attached hydrogens (tertiary/aromatic N) is 1. The van der Waals surface area contributed by atoms with Gasteiger partial charge in [-0.1, -0.05) is 42.8 Å². The Morgan fingerprint density at radius 1 is 0.935 bits per heavy atom. The molecule has 1 amide bonds. The van der Waals surface area contributed by atoms with Crippen molar-refractivity contribution in [1.82, 2.24) is 0 Å². The molecule has 6 nitrogen and oxygen atoms in total. The topological polar surface area (TPSA) is 75.7 Å². The molecule has 3 aromatic rings. The minimum absolute atomic E-state index is 0.321. The first-order chi connectivity index (χ1) is 14.8. The van der Waals surface area contributed by atoms with E-state index in [4.69, 9.17) is 4.74 Å². The highest BCUT2D eigenvalue weighted by Crippen LogP contribution is 2.25. The van der Waals surface area contributed by atoms with Crippen molar-refractivity contribution in [3.05, 3.63) is 84.4 Å². The highest BCUT2D eigenvalue weighted by atomic mass is 32.2. The first kappa shape index (κ1) is 22.4. The zero-order valence-corrected chi connectivity index (χ0v) is 18.6. The number of sulfonamides is 1. The van der Waals surface area contributed by atoms with Crippen molar-refractivity contribution in [3.63, 3.8) is 0 Å². The second kappa shape index (κ2) is 9.66. The van der Waals surface area contributed by atoms with Gasteiger partial charge in [0.2, 0.25) is 15.9 Å². The van der Waals surface area contributed by atoms with Gasteiger partial charge in [0.05, 0.1) is 11.9 Å². The number of carbonyl (C=O) groups is 1. The van der Waals surface area contributed by atoms with Crippen LogP contribution < -0.4 is 14.4 Å². The normalized spacial score (nSPS) is 12.1. The van der Waals surface area contributed by atoms with Gasteiger partial charge in [0, 0.05) is 5.69 Å². The number of hydrogen-bond acceptors (Lipinski definition) is 4. The summed E-state index contributed by atoms with van der Waals surface area (Å²) in [5.41, 5.74) is 2.02. The molecule has 3 rings (SSSR count). The summed E-state index contributed by atoms with van der Waals surface area (Å²) < 4.78 is 32.0. The molecule has 0 heterocycles. The third-order valence-corrected chi connectivity index (χ3v) is 5.90. The maximum atomic E-state index is 13.0. The predicted molar refractivity (Wildman–Crippen MR) is 124 cm³/mol. The second-order valence-electron chi connectivity index (χ2n) is 7.25. The summed E-state index contributed by atoms with van der Waals surface area (Å²) in [5.74, 6) is 0.950. The first-order valence-corrected chi connectivity index (χ1v) is 11.8. The molecule has 1 N–H and O–H groups in total. The number of carbonyl (C=O) groups excluding carboxylic acids is 1. The molecule has 0 radical (unpaired) electrons. The number of amides is 1. The van der Waals surface area contributed by atoms with Gasteiger partial charge in [-0.05, 0) is 61.9 Å². The van der Waals surface area contributed by atoms with E-state index in [-0.39, 0.29) is 0 Å². The molecule has 7 heteroatoms. The van der Waals surface area contributed by atoms with Crippen LogP contribution in [0.5, 0.6) is 11.5 Å². The van der Waals surface area contributed by atoms with Crippen LogP contribution in [0, 0.1) is 6.92 Å². The number of anilines is 2. The Kier molecular flexibility index (Phi) is 6.97. The number of para-hydroxylation sites is 1. The molecular formula is C24H26N2O4S. The van der Waals surface area contributed by atoms with Crippen molar-refractivity contribution in [2.24, 2.45) is 0 Å². The van der Waals surface area contributed by atoms with Gasteiger partial charge in [0.15, 0.2) is 0 Å². The van der Waals surface area contributed by atoms with Crippen molar-refractivity contribution in [1.29, 1.82) is 0 Å². The lowest BCUT2D eigenvalue weighted by Gasteiger charge is -2.30. The number of nitrogens with one attached hydrogen (secondary N) is 1. The third-order valence-electron chi connectivity index (χ3n) is 4.72. The quantitative estimate of drug-likeness (QED) is 0.539. The Morgan fingerprint density at radius 2 is 1.52 bits per heavy atom. The summed E-state index contributed by atoms with van der Waals surface area (Å²) in [4.78, 5) is 13.0. The Labute approximate surface area is 183 Å². The Hall–Kier alpha value is -3.32. The lowest BCUT2D eigenvalue weighted by molar-refractivity contribution is -0.117. The van der Waals surface area contributed by atoms with Crippen LogP contribution in [0.4, 0.5) is 11.4 Å². The standard InChI is InChI=1S/C24H26N2O4S/c1-4-23(26(31(3,28)29)20-14-10-18(2)11-15-20)24(27)25-19-12-16-22(17-13-19)30-21-8-6-5-7-9-21/h5-17,23H,4H2,1-3H3,(H,25,27)/t23-/m0/s1. The second-order valence-corrected chi connectivity index (χ2v) is 9.11. The molecule has 0 aliphatic heterocycles. The largest absolute Gasteiger partial charge is 0.457 e. The van der Waals surface area contributed by atoms with Crippen LogP contribution in [-0.4, -0.2) is 26.6 Å². The minimum atomic E-state index is -3.67. The molecule has 0 fully saturated rings. The SMILES string of the molecule is CC[C@@H](C(=O)Nc1ccc(Oc2ccccc2)cc1)N(c1ccc(C)cc1)S(C)(=O)=O. The highest BCUT2D eigenvalue weighted by molar-refractivity contribution is 7.92. The van der Waals surface area contributed by atoms with Gasteiger partial charge in [0.25, 0.3) is 0 Å². The molecule has 0 aliphatic rings. The van der Waals surface area contributed by atoms with Crippen molar-refractivity contribution < 1.29 is 17.9 Å². The van der Waals surface area contributed by atoms with E-state index in [1.165, 1.54) is 4.31 Å². The zero-order chi connectivity index (χ0) is 22.4. The van der Waals surface area contributed by atoms with Crippen molar-refractivity contribution in [2.45, 2.75) is 26.3 Å². The van der Waals surface area contributed by atoms with E-state index in [1.807, 2.05) is 49.4 Å². The van der Waals surface area contributed by atoms with Gasteiger partial charge in [-0.2, -0.15) is 0 Å². The van der Waals surface area contributed by atoms with Crippen molar-refractivity contribution in [3.8, 4) is 11.5 Å². The van der Waals surface area contributed by atoms with Crippen molar-refractivity contribution >= 4 is 27.3 Å². The van der Waals surface area contributed by atoms with E-state index in [1.54, 1.807) is 43.3 Å². The molecule has 162 valence electrons. The molecular weight excluding hydrogens is 412 g/mol. The summed E-state index contributed by atoms with van der Waals surface area (Å²) >= 11 is 0. The fraction of sp³-hybridized carbons (Fsp3) is 0.208. The van der Waals surface area contributed by atoms with Gasteiger partial charge >= 0.3 is 0 Å². The highest BCUT2D eigenvalue weighted by Gasteiger charge is 2.31. The number of benzene rings is 3. The van der Waals surface area contributed by atoms with Crippen LogP contribution in [0.15, 0.2) is 78.9 Å². The molecule has 0 saturated carbocycles. The number of hydrogen-bond donors (Lipinski definition) is 1. The minimum Gasteiger partial charge on any atom is -0.457 e. The van der Waals surface area contributed by atoms with Crippen molar-refractivity contribution in [2.75, 3.05) is 15.9 Å². The molecule has 31 heavy (non-hydrogen) atoms. The third kappa shape index (κ3) is 5.86. The molecule has 0 saturated heterocycles. The number of rotatable bonds is 8. The summed E-state index contributed by atoms with van der Waals surface area (Å²) in [6.45, 7) is 3.71. The lowest BCUT2D eigenvalue weighted by atomic mass is 10.1. The van der Waals surface area contributed by atoms with E-state index in [9.17, 15) is 13.2 Å². The van der Waals surface area contributed by atoms with Crippen LogP contribution in [0.25, 0.3) is 0 Å². The zero-order valence-electron chi connectivity index (χ0n) is 17.8. The van der Waals surface area contributed by atoms with Gasteiger partial charge in [0.1, 0.15) is 17.5 Å². The van der Waals surface area contributed by atoms with E-state index in [0.717, 1.165) is 11.8 Å². The summed E-state index contributed by atoms with van der Waals surface area (Å²) in [5, 5.41) is 2.82. The molecule has 3 aromatic carbocycles. The van der Waals surface area contributed by atoms with Crippen LogP contribution in [0.1, 0.15) is 18.9 Å². The van der Waals surface area contributed by atoms with Gasteiger partial charge < -0.3 is 10.1 Å². The average Bonchev–Trinajstić information content (AvgIpc) is 2.74. The summed E-state index contributed by atoms with van der Waals surface area (Å²) in [6, 6.07) is 22.5. The smallest absolute Gasteiger partial charge is 0.248 e. The Morgan fingerprint density at radius 3 is 2.06 bits per heavy atom. The fourth-order valence-corrected chi connectivity index (χ4v) is 4.42. The van der Waals surface area contributed by atoms with Crippen LogP contribution in [0.3, 0.4) is 0 Å². The summed E-state index contributed by atoms with van der Waals surface area (Å²) in [7, 11) is -3.67. The van der Waals surface area contributed by atoms with Gasteiger partial charge in [-0.3, -0.25) is 9.10 Å². The Balaban J connectivity index is 1.77. The van der Waals surface area contributed by atoms with Crippen LogP contribution in [0.2, 0.25) is 0 Å². The maximum Gasteiger partial charge on any atom is 0.248 e. The van der Waals surface area contributed by atoms with Gasteiger partial charge in [-0.15, -0.1) is 0 Å². The van der Waals surface area contributed by atoms with E-state index < -0.39 is 22.0 Å². The lowest BCUT2D eigenvalue weighted by Crippen LogP contribution is -2.47. The molecule has 0 spiro atoms. The molecule has 0 unspecified atom stereocenters. The molecule has 0 aromatic heterocycles. The molecule has 1 atom stereocenters. The van der Waals surface area contributed by atoms with Crippen LogP contribution in [-0.2, 0) is 14.8 Å². The van der Waals surface area contributed by atoms with E-state index >= 15 is 0 Å². The number of aryl methyl sites for hydroxylation is 1. The fourth-order valence-electron chi connectivity index (χ4n) is 3.21. The van der Waals surface area contributed by atoms with E-state index in [2.05, 4.69) is 5.32 Å². The Bertz CT molecular complexity index is 1110. The predicted octanol–water partition coefficient (Wildman–Crippen LogP) is 4.97. The monoisotopic (exact) mass is 438 g/mol. The van der Waals surface area contributed by atoms with Gasteiger partial charge in [-0.25, -0.2) is 8.42 Å². The summed E-state index contributed by atoms with van der Waals surface area (Å²) in [6.07, 6.45) is 1.43. The maximum absolute atomic E-state index is 13.0. The molecule has 0 bridgehead atoms. The molecule has 0 aliphatic carbocycles. The average molecular weight is 439 g/mol. The number of ether oxygens (including phenoxy) is 1. The first-order valence-electron chi connectivity index (χ1n) is 9.98.